The molecule has 98 valence electrons. The van der Waals surface area contributed by atoms with Gasteiger partial charge in [-0.25, -0.2) is 0 Å². The van der Waals surface area contributed by atoms with Gasteiger partial charge in [0, 0.05) is 12.3 Å². The zero-order chi connectivity index (χ0) is 12.8. The fraction of sp³-hybridized carbons (Fsp3) is 0.500. The Morgan fingerprint density at radius 1 is 1.33 bits per heavy atom. The fourth-order valence-corrected chi connectivity index (χ4v) is 2.57. The summed E-state index contributed by atoms with van der Waals surface area (Å²) in [5.41, 5.74) is 0. The Balaban J connectivity index is 1.75. The molecule has 0 amide bonds. The number of benzene rings is 1. The SMILES string of the molecule is O=C(CCOc1ccccc1Br)C1CCNCC1. The van der Waals surface area contributed by atoms with Gasteiger partial charge in [-0.15, -0.1) is 0 Å². The zero-order valence-electron chi connectivity index (χ0n) is 10.3. The predicted molar refractivity (Wildman–Crippen MR) is 74.9 cm³/mol. The van der Waals surface area contributed by atoms with Crippen molar-refractivity contribution < 1.29 is 9.53 Å². The molecule has 0 saturated carbocycles. The number of ether oxygens (including phenoxy) is 1. The van der Waals surface area contributed by atoms with Crippen LogP contribution in [0.25, 0.3) is 0 Å². The van der Waals surface area contributed by atoms with Crippen LogP contribution < -0.4 is 10.1 Å². The predicted octanol–water partition coefficient (Wildman–Crippen LogP) is 2.79. The Hall–Kier alpha value is -0.870. The molecule has 0 spiro atoms. The summed E-state index contributed by atoms with van der Waals surface area (Å²) >= 11 is 3.42. The van der Waals surface area contributed by atoms with Crippen LogP contribution >= 0.6 is 15.9 Å². The van der Waals surface area contributed by atoms with E-state index in [1.165, 1.54) is 0 Å². The smallest absolute Gasteiger partial charge is 0.139 e. The van der Waals surface area contributed by atoms with Gasteiger partial charge >= 0.3 is 0 Å². The monoisotopic (exact) mass is 311 g/mol. The van der Waals surface area contributed by atoms with Crippen LogP contribution in [0.4, 0.5) is 0 Å². The maximum atomic E-state index is 12.0. The molecular weight excluding hydrogens is 294 g/mol. The van der Waals surface area contributed by atoms with Crippen molar-refractivity contribution in [2.75, 3.05) is 19.7 Å². The highest BCUT2D eigenvalue weighted by Crippen LogP contribution is 2.24. The van der Waals surface area contributed by atoms with E-state index >= 15 is 0 Å². The van der Waals surface area contributed by atoms with Gasteiger partial charge in [0.15, 0.2) is 0 Å². The molecular formula is C14H18BrNO2. The Bertz CT molecular complexity index is 403. The van der Waals surface area contributed by atoms with Crippen LogP contribution in [0.2, 0.25) is 0 Å². The quantitative estimate of drug-likeness (QED) is 0.908. The zero-order valence-corrected chi connectivity index (χ0v) is 11.9. The van der Waals surface area contributed by atoms with Crippen molar-refractivity contribution in [2.24, 2.45) is 5.92 Å². The van der Waals surface area contributed by atoms with Gasteiger partial charge in [0.05, 0.1) is 11.1 Å². The number of ketones is 1. The minimum atomic E-state index is 0.231. The van der Waals surface area contributed by atoms with Crippen molar-refractivity contribution in [1.82, 2.24) is 5.32 Å². The average molecular weight is 312 g/mol. The normalized spacial score (nSPS) is 16.5. The molecule has 1 aromatic rings. The summed E-state index contributed by atoms with van der Waals surface area (Å²) < 4.78 is 6.54. The molecule has 1 aliphatic heterocycles. The molecule has 0 radical (unpaired) electrons. The number of nitrogens with one attached hydrogen (secondary N) is 1. The number of para-hydroxylation sites is 1. The van der Waals surface area contributed by atoms with E-state index in [0.29, 0.717) is 18.8 Å². The van der Waals surface area contributed by atoms with Gasteiger partial charge in [-0.1, -0.05) is 12.1 Å². The molecule has 3 nitrogen and oxygen atoms in total. The van der Waals surface area contributed by atoms with Gasteiger partial charge in [-0.05, 0) is 54.0 Å². The molecule has 1 heterocycles. The van der Waals surface area contributed by atoms with Crippen LogP contribution in [0.5, 0.6) is 5.75 Å². The first kappa shape index (κ1) is 13.6. The van der Waals surface area contributed by atoms with Crippen molar-refractivity contribution in [3.05, 3.63) is 28.7 Å². The van der Waals surface area contributed by atoms with Crippen LogP contribution in [0.1, 0.15) is 19.3 Å². The standard InChI is InChI=1S/C14H18BrNO2/c15-12-3-1-2-4-14(12)18-10-7-13(17)11-5-8-16-9-6-11/h1-4,11,16H,5-10H2. The lowest BCUT2D eigenvalue weighted by Crippen LogP contribution is -2.32. The molecule has 0 aliphatic carbocycles. The molecule has 0 atom stereocenters. The van der Waals surface area contributed by atoms with Crippen molar-refractivity contribution in [3.8, 4) is 5.75 Å². The second-order valence-electron chi connectivity index (χ2n) is 4.52. The number of carbonyl (C=O) groups excluding carboxylic acids is 1. The lowest BCUT2D eigenvalue weighted by molar-refractivity contribution is -0.124. The van der Waals surface area contributed by atoms with E-state index in [9.17, 15) is 4.79 Å². The highest BCUT2D eigenvalue weighted by atomic mass is 79.9. The molecule has 1 aliphatic rings. The number of rotatable bonds is 5. The lowest BCUT2D eigenvalue weighted by Gasteiger charge is -2.21. The summed E-state index contributed by atoms with van der Waals surface area (Å²) in [6.45, 7) is 2.38. The summed E-state index contributed by atoms with van der Waals surface area (Å²) in [5.74, 6) is 1.37. The molecule has 0 bridgehead atoms. The summed E-state index contributed by atoms with van der Waals surface area (Å²) in [6.07, 6.45) is 2.44. The number of hydrogen-bond acceptors (Lipinski definition) is 3. The third kappa shape index (κ3) is 3.82. The molecule has 0 aromatic heterocycles. The van der Waals surface area contributed by atoms with E-state index in [1.54, 1.807) is 0 Å². The number of Topliss-reactive ketones (excluding diaryl/α,β-unsaturated/α-hetero) is 1. The van der Waals surface area contributed by atoms with Crippen LogP contribution in [-0.4, -0.2) is 25.5 Å². The number of hydrogen-bond donors (Lipinski definition) is 1. The molecule has 18 heavy (non-hydrogen) atoms. The van der Waals surface area contributed by atoms with E-state index in [4.69, 9.17) is 4.74 Å². The second-order valence-corrected chi connectivity index (χ2v) is 5.37. The number of carbonyl (C=O) groups is 1. The van der Waals surface area contributed by atoms with E-state index in [1.807, 2.05) is 24.3 Å². The summed E-state index contributed by atoms with van der Waals surface area (Å²) in [7, 11) is 0. The van der Waals surface area contributed by atoms with Gasteiger partial charge < -0.3 is 10.1 Å². The Morgan fingerprint density at radius 2 is 2.06 bits per heavy atom. The Morgan fingerprint density at radius 3 is 2.78 bits per heavy atom. The third-order valence-corrected chi connectivity index (χ3v) is 3.89. The van der Waals surface area contributed by atoms with Gasteiger partial charge in [0.25, 0.3) is 0 Å². The topological polar surface area (TPSA) is 38.3 Å². The van der Waals surface area contributed by atoms with Gasteiger partial charge in [0.1, 0.15) is 11.5 Å². The Labute approximate surface area is 116 Å². The highest BCUT2D eigenvalue weighted by Gasteiger charge is 2.20. The number of piperidine rings is 1. The third-order valence-electron chi connectivity index (χ3n) is 3.24. The lowest BCUT2D eigenvalue weighted by atomic mass is 9.92. The maximum absolute atomic E-state index is 12.0. The van der Waals surface area contributed by atoms with E-state index < -0.39 is 0 Å². The maximum Gasteiger partial charge on any atom is 0.139 e. The molecule has 1 saturated heterocycles. The minimum Gasteiger partial charge on any atom is -0.492 e. The molecule has 2 rings (SSSR count). The van der Waals surface area contributed by atoms with Crippen molar-refractivity contribution in [1.29, 1.82) is 0 Å². The summed E-state index contributed by atoms with van der Waals surface area (Å²) in [6, 6.07) is 7.70. The fourth-order valence-electron chi connectivity index (χ4n) is 2.17. The minimum absolute atomic E-state index is 0.231. The molecule has 1 fully saturated rings. The van der Waals surface area contributed by atoms with Crippen molar-refractivity contribution in [2.45, 2.75) is 19.3 Å². The van der Waals surface area contributed by atoms with Crippen LogP contribution in [-0.2, 0) is 4.79 Å². The summed E-state index contributed by atoms with van der Waals surface area (Å²) in [5, 5.41) is 3.27. The van der Waals surface area contributed by atoms with Crippen LogP contribution in [0.15, 0.2) is 28.7 Å². The van der Waals surface area contributed by atoms with Gasteiger partial charge in [0.2, 0.25) is 0 Å². The first-order valence-corrected chi connectivity index (χ1v) is 7.17. The van der Waals surface area contributed by atoms with Gasteiger partial charge in [-0.3, -0.25) is 4.79 Å². The second kappa shape index (κ2) is 6.90. The first-order chi connectivity index (χ1) is 8.77. The van der Waals surface area contributed by atoms with Crippen molar-refractivity contribution >= 4 is 21.7 Å². The van der Waals surface area contributed by atoms with Crippen LogP contribution in [0, 0.1) is 5.92 Å². The molecule has 4 heteroatoms. The van der Waals surface area contributed by atoms with E-state index in [2.05, 4.69) is 21.2 Å². The molecule has 1 N–H and O–H groups in total. The average Bonchev–Trinajstić information content (AvgIpc) is 2.42. The largest absolute Gasteiger partial charge is 0.492 e. The highest BCUT2D eigenvalue weighted by molar-refractivity contribution is 9.10. The summed E-state index contributed by atoms with van der Waals surface area (Å²) in [4.78, 5) is 12.0. The number of halogens is 1. The molecule has 0 unspecified atom stereocenters. The van der Waals surface area contributed by atoms with Crippen LogP contribution in [0.3, 0.4) is 0 Å². The first-order valence-electron chi connectivity index (χ1n) is 6.38. The van der Waals surface area contributed by atoms with E-state index in [-0.39, 0.29) is 5.92 Å². The van der Waals surface area contributed by atoms with Crippen molar-refractivity contribution in [3.63, 3.8) is 0 Å². The van der Waals surface area contributed by atoms with Gasteiger partial charge in [-0.2, -0.15) is 0 Å². The Kier molecular flexibility index (Phi) is 5.20. The molecule has 1 aromatic carbocycles. The van der Waals surface area contributed by atoms with E-state index in [0.717, 1.165) is 36.2 Å².